The number of amides is 5. The molecular formula is C59H75N9O14. The van der Waals surface area contributed by atoms with Crippen LogP contribution < -0.4 is 16.4 Å². The molecule has 5 amide bonds. The highest BCUT2D eigenvalue weighted by Crippen LogP contribution is 2.32. The van der Waals surface area contributed by atoms with E-state index in [-0.39, 0.29) is 34.7 Å². The number of aromatic carboxylic acids is 2. The van der Waals surface area contributed by atoms with Crippen LogP contribution in [-0.4, -0.2) is 157 Å². The lowest BCUT2D eigenvalue weighted by Crippen LogP contribution is -2.54. The first kappa shape index (κ1) is 65.8. The van der Waals surface area contributed by atoms with Gasteiger partial charge in [0, 0.05) is 61.5 Å². The molecule has 440 valence electrons. The third kappa shape index (κ3) is 19.5. The average molecular weight is 1130 g/mol. The Balaban J connectivity index is 0.000000247. The van der Waals surface area contributed by atoms with Crippen molar-refractivity contribution in [3.05, 3.63) is 129 Å². The number of nitrogens with zero attached hydrogens (tertiary/aromatic N) is 6. The fourth-order valence-electron chi connectivity index (χ4n) is 8.38. The molecule has 3 saturated heterocycles. The van der Waals surface area contributed by atoms with Crippen LogP contribution in [0.15, 0.2) is 77.8 Å². The summed E-state index contributed by atoms with van der Waals surface area (Å²) in [5.74, 6) is -2.57. The molecule has 3 fully saturated rings. The highest BCUT2D eigenvalue weighted by atomic mass is 16.6. The topological polar surface area (TPSA) is 303 Å². The number of carbonyl (C=O) groups excluding carboxylic acids is 7. The molecule has 0 aromatic heterocycles. The van der Waals surface area contributed by atoms with Crippen molar-refractivity contribution in [1.29, 1.82) is 0 Å². The van der Waals surface area contributed by atoms with Gasteiger partial charge in [0.2, 0.25) is 0 Å². The molecule has 4 aliphatic heterocycles. The summed E-state index contributed by atoms with van der Waals surface area (Å²) >= 11 is 0. The molecule has 0 radical (unpaired) electrons. The summed E-state index contributed by atoms with van der Waals surface area (Å²) in [5.41, 5.74) is 3.42. The van der Waals surface area contributed by atoms with Crippen LogP contribution in [0.2, 0.25) is 0 Å². The second kappa shape index (κ2) is 27.2. The van der Waals surface area contributed by atoms with Gasteiger partial charge in [0.15, 0.2) is 11.6 Å². The second-order valence-electron chi connectivity index (χ2n) is 23.1. The molecule has 3 aromatic carbocycles. The maximum atomic E-state index is 12.6. The van der Waals surface area contributed by atoms with Crippen LogP contribution in [0.5, 0.6) is 0 Å². The van der Waals surface area contributed by atoms with Crippen LogP contribution in [0, 0.1) is 13.1 Å². The molecule has 4 aliphatic rings. The van der Waals surface area contributed by atoms with Gasteiger partial charge >= 0.3 is 35.9 Å². The number of likely N-dealkylation sites (tertiary alicyclic amines) is 3. The van der Waals surface area contributed by atoms with E-state index in [1.54, 1.807) is 77.9 Å². The smallest absolute Gasteiger partial charge is 0.410 e. The highest BCUT2D eigenvalue weighted by molar-refractivity contribution is 6.16. The third-order valence-corrected chi connectivity index (χ3v) is 13.0. The SMILES string of the molecule is CC(=O)c1cccc(C(=O)O)c1.CC(C)(C)OC(=O)N1CCC2(CC1)N=C(c1cccc(C(=O)O)c1)NC2=O.[C-]#[N+]C1(N)CCN(C(=O)OC(C)(C)C)CC1.[C-]#[N+]C1(NC(=O)c2cccc(C(C)=O)c2)CCN(C(=O)OC(C)(C)C)CC1. The lowest BCUT2D eigenvalue weighted by atomic mass is 9.88. The van der Waals surface area contributed by atoms with Crippen LogP contribution in [0.1, 0.15) is 172 Å². The summed E-state index contributed by atoms with van der Waals surface area (Å²) in [6.45, 7) is 36.1. The lowest BCUT2D eigenvalue weighted by molar-refractivity contribution is -0.125. The standard InChI is InChI=1S/C20H25N3O4.C19H23N3O5.C11H19N3O2.C9H8O3/c1-14(24)15-7-6-8-16(13-15)17(25)22-20(21-5)9-11-23(12-10-20)18(26)27-19(2,3)4;1-18(2,3)27-17(26)22-9-7-19(8-10-22)16(25)20-14(21-19)12-5-4-6-13(11-12)15(23)24;1-10(2,3)16-9(15)14-7-5-11(12,13-4)6-8-14;1-6(10)7-3-2-4-8(5-7)9(11)12/h6-8,13H,9-12H2,1-4H3,(H,22,25);4-6,11H,7-10H2,1-3H3,(H,23,24)(H,20,21,25);5-8,12H2,1-3H3;2-5H,1H3,(H,11,12). The quantitative estimate of drug-likeness (QED) is 0.0842. The van der Waals surface area contributed by atoms with E-state index < -0.39 is 63.7 Å². The summed E-state index contributed by atoms with van der Waals surface area (Å²) in [4.78, 5) is 122. The van der Waals surface area contributed by atoms with Gasteiger partial charge < -0.3 is 44.4 Å². The van der Waals surface area contributed by atoms with Crippen LogP contribution >= 0.6 is 0 Å². The Bertz CT molecular complexity index is 2980. The Morgan fingerprint density at radius 2 is 0.939 bits per heavy atom. The van der Waals surface area contributed by atoms with E-state index in [0.717, 1.165) is 0 Å². The van der Waals surface area contributed by atoms with Crippen molar-refractivity contribution in [2.45, 2.75) is 148 Å². The number of nitrogens with two attached hydrogens (primary N) is 1. The van der Waals surface area contributed by atoms with E-state index in [2.05, 4.69) is 25.3 Å². The molecule has 0 unspecified atom stereocenters. The number of carboxylic acid groups (broad SMARTS) is 2. The molecule has 23 nitrogen and oxygen atoms in total. The van der Waals surface area contributed by atoms with Gasteiger partial charge in [-0.1, -0.05) is 36.4 Å². The largest absolute Gasteiger partial charge is 0.478 e. The molecule has 3 aromatic rings. The first-order valence-corrected chi connectivity index (χ1v) is 26.5. The fraction of sp³-hybridized carbons (Fsp3) is 0.492. The molecule has 0 saturated carbocycles. The van der Waals surface area contributed by atoms with Crippen molar-refractivity contribution in [3.8, 4) is 0 Å². The van der Waals surface area contributed by atoms with E-state index in [1.807, 2.05) is 41.5 Å². The molecular weight excluding hydrogens is 1060 g/mol. The summed E-state index contributed by atoms with van der Waals surface area (Å²) < 4.78 is 16.0. The molecule has 0 aliphatic carbocycles. The second-order valence-corrected chi connectivity index (χ2v) is 23.1. The van der Waals surface area contributed by atoms with Crippen molar-refractivity contribution < 1.29 is 67.6 Å². The normalized spacial score (nSPS) is 16.8. The Morgan fingerprint density at radius 3 is 1.33 bits per heavy atom. The zero-order valence-corrected chi connectivity index (χ0v) is 48.5. The van der Waals surface area contributed by atoms with E-state index in [4.69, 9.17) is 43.3 Å². The maximum Gasteiger partial charge on any atom is 0.410 e. The predicted molar refractivity (Wildman–Crippen MR) is 302 cm³/mol. The van der Waals surface area contributed by atoms with Gasteiger partial charge in [-0.25, -0.2) is 37.1 Å². The molecule has 82 heavy (non-hydrogen) atoms. The van der Waals surface area contributed by atoms with Crippen molar-refractivity contribution >= 4 is 59.4 Å². The summed E-state index contributed by atoms with van der Waals surface area (Å²) in [6.07, 6.45) is 1.29. The Hall–Kier alpha value is -8.70. The van der Waals surface area contributed by atoms with Gasteiger partial charge in [-0.2, -0.15) is 0 Å². The Labute approximate surface area is 478 Å². The number of Topliss-reactive ketones (excluding diaryl/α,β-unsaturated/α-hetero) is 2. The number of benzene rings is 3. The number of amidine groups is 1. The molecule has 23 heteroatoms. The number of hydrogen-bond donors (Lipinski definition) is 5. The van der Waals surface area contributed by atoms with Gasteiger partial charge in [0.1, 0.15) is 28.2 Å². The Morgan fingerprint density at radius 1 is 0.573 bits per heavy atom. The minimum atomic E-state index is -1.07. The maximum absolute atomic E-state index is 12.6. The lowest BCUT2D eigenvalue weighted by Gasteiger charge is -2.36. The summed E-state index contributed by atoms with van der Waals surface area (Å²) in [7, 11) is 0. The third-order valence-electron chi connectivity index (χ3n) is 13.0. The molecule has 0 bridgehead atoms. The minimum Gasteiger partial charge on any atom is -0.478 e. The number of piperidine rings is 3. The van der Waals surface area contributed by atoms with Gasteiger partial charge in [-0.3, -0.25) is 44.9 Å². The van der Waals surface area contributed by atoms with Crippen LogP contribution in [-0.2, 0) is 19.0 Å². The van der Waals surface area contributed by atoms with Crippen molar-refractivity contribution in [1.82, 2.24) is 25.3 Å². The molecule has 6 N–H and O–H groups in total. The van der Waals surface area contributed by atoms with Crippen LogP contribution in [0.4, 0.5) is 14.4 Å². The number of hydrogen-bond acceptors (Lipinski definition) is 14. The van der Waals surface area contributed by atoms with Crippen molar-refractivity contribution in [3.63, 3.8) is 0 Å². The number of carboxylic acids is 2. The number of rotatable bonds is 7. The van der Waals surface area contributed by atoms with Crippen molar-refractivity contribution in [2.75, 3.05) is 39.3 Å². The van der Waals surface area contributed by atoms with Gasteiger partial charge in [-0.05, 0) is 125 Å². The van der Waals surface area contributed by atoms with E-state index in [1.165, 1.54) is 44.2 Å². The van der Waals surface area contributed by atoms with E-state index in [0.29, 0.717) is 106 Å². The number of carbonyl (C=O) groups is 9. The molecule has 7 rings (SSSR count). The number of ether oxygens (including phenoxy) is 3. The first-order chi connectivity index (χ1) is 38.0. The average Bonchev–Trinajstić information content (AvgIpc) is 3.69. The van der Waals surface area contributed by atoms with Gasteiger partial charge in [-0.15, -0.1) is 0 Å². The predicted octanol–water partition coefficient (Wildman–Crippen LogP) is 8.48. The molecule has 1 spiro atoms. The molecule has 0 atom stereocenters. The summed E-state index contributed by atoms with van der Waals surface area (Å²) in [6, 6.07) is 18.7. The van der Waals surface area contributed by atoms with Gasteiger partial charge in [0.25, 0.3) is 17.5 Å². The number of aliphatic imine (C=N–C) groups is 1. The number of nitrogens with one attached hydrogen (secondary N) is 2. The van der Waals surface area contributed by atoms with E-state index >= 15 is 0 Å². The van der Waals surface area contributed by atoms with Crippen LogP contribution in [0.3, 0.4) is 0 Å². The van der Waals surface area contributed by atoms with E-state index in [9.17, 15) is 43.2 Å². The van der Waals surface area contributed by atoms with Crippen LogP contribution in [0.25, 0.3) is 9.69 Å². The zero-order chi connectivity index (χ0) is 61.6. The monoisotopic (exact) mass is 1130 g/mol. The fourth-order valence-corrected chi connectivity index (χ4v) is 8.38. The molecule has 4 heterocycles. The highest BCUT2D eigenvalue weighted by Gasteiger charge is 2.48. The van der Waals surface area contributed by atoms with Crippen molar-refractivity contribution in [2.24, 2.45) is 10.7 Å². The minimum absolute atomic E-state index is 0.127. The Kier molecular flexibility index (Phi) is 21.8. The zero-order valence-electron chi connectivity index (χ0n) is 48.5. The number of ketones is 2. The van der Waals surface area contributed by atoms with Gasteiger partial charge in [0.05, 0.1) is 36.8 Å². The summed E-state index contributed by atoms with van der Waals surface area (Å²) in [5, 5.41) is 23.3. The first-order valence-electron chi connectivity index (χ1n) is 26.5.